The lowest BCUT2D eigenvalue weighted by molar-refractivity contribution is -0.139. The molecule has 0 saturated carbocycles. The van der Waals surface area contributed by atoms with Gasteiger partial charge in [-0.1, -0.05) is 48.5 Å². The summed E-state index contributed by atoms with van der Waals surface area (Å²) in [5.41, 5.74) is 5.09. The molecule has 4 rings (SSSR count). The van der Waals surface area contributed by atoms with E-state index in [0.717, 1.165) is 22.3 Å². The third-order valence-corrected chi connectivity index (χ3v) is 4.92. The third-order valence-electron chi connectivity index (χ3n) is 4.92. The first-order valence-electron chi connectivity index (χ1n) is 8.96. The first-order valence-corrected chi connectivity index (χ1v) is 8.96. The standard InChI is InChI=1S/C21H19N3O4/c25-20(26)19(11-13-9-10-22-24-13)23-21(27)28-12-18-16-7-3-1-5-14(16)15-6-2-4-8-17(15)18/h1-10,18-19H,11-12H2,(H,22,24)(H,23,27)(H,25,26)/t19-/m1/s1. The molecule has 0 fully saturated rings. The summed E-state index contributed by atoms with van der Waals surface area (Å²) >= 11 is 0. The minimum Gasteiger partial charge on any atom is -0.480 e. The lowest BCUT2D eigenvalue weighted by atomic mass is 9.98. The van der Waals surface area contributed by atoms with Crippen molar-refractivity contribution in [3.8, 4) is 11.1 Å². The average Bonchev–Trinajstić information content (AvgIpc) is 3.32. The third kappa shape index (κ3) is 3.46. The van der Waals surface area contributed by atoms with E-state index in [0.29, 0.717) is 5.69 Å². The van der Waals surface area contributed by atoms with E-state index in [2.05, 4.69) is 27.6 Å². The van der Waals surface area contributed by atoms with Crippen LogP contribution < -0.4 is 5.32 Å². The van der Waals surface area contributed by atoms with Crippen molar-refractivity contribution < 1.29 is 19.4 Å². The van der Waals surface area contributed by atoms with Crippen molar-refractivity contribution in [2.24, 2.45) is 0 Å². The molecule has 7 heteroatoms. The Kier molecular flexibility index (Phi) is 4.80. The molecule has 28 heavy (non-hydrogen) atoms. The summed E-state index contributed by atoms with van der Waals surface area (Å²) in [4.78, 5) is 23.7. The Bertz CT molecular complexity index is 955. The van der Waals surface area contributed by atoms with Crippen molar-refractivity contribution in [1.29, 1.82) is 0 Å². The number of carbonyl (C=O) groups is 2. The fraction of sp³-hybridized carbons (Fsp3) is 0.190. The van der Waals surface area contributed by atoms with E-state index < -0.39 is 18.1 Å². The van der Waals surface area contributed by atoms with Crippen molar-refractivity contribution >= 4 is 12.1 Å². The Hall–Kier alpha value is -3.61. The predicted molar refractivity (Wildman–Crippen MR) is 102 cm³/mol. The van der Waals surface area contributed by atoms with E-state index in [1.165, 1.54) is 6.20 Å². The van der Waals surface area contributed by atoms with Crippen LogP contribution >= 0.6 is 0 Å². The van der Waals surface area contributed by atoms with E-state index in [1.807, 2.05) is 36.4 Å². The number of carbonyl (C=O) groups excluding carboxylic acids is 1. The number of fused-ring (bicyclic) bond motifs is 3. The number of amides is 1. The quantitative estimate of drug-likeness (QED) is 0.613. The zero-order valence-electron chi connectivity index (χ0n) is 15.0. The number of H-pyrrole nitrogens is 1. The molecule has 2 aromatic carbocycles. The Morgan fingerprint density at radius 3 is 2.29 bits per heavy atom. The number of nitrogens with zero attached hydrogens (tertiary/aromatic N) is 1. The number of hydrogen-bond donors (Lipinski definition) is 3. The molecule has 0 aliphatic heterocycles. The number of ether oxygens (including phenoxy) is 1. The van der Waals surface area contributed by atoms with E-state index >= 15 is 0 Å². The number of carboxylic acid groups (broad SMARTS) is 1. The molecular formula is C21H19N3O4. The minimum atomic E-state index is -1.14. The lowest BCUT2D eigenvalue weighted by Crippen LogP contribution is -2.43. The van der Waals surface area contributed by atoms with Crippen molar-refractivity contribution in [2.75, 3.05) is 6.61 Å². The summed E-state index contributed by atoms with van der Waals surface area (Å²) in [6.07, 6.45) is 0.870. The van der Waals surface area contributed by atoms with Gasteiger partial charge in [0.05, 0.1) is 0 Å². The van der Waals surface area contributed by atoms with Crippen LogP contribution in [-0.4, -0.2) is 40.0 Å². The van der Waals surface area contributed by atoms with Crippen LogP contribution in [0.25, 0.3) is 11.1 Å². The molecule has 1 amide bonds. The van der Waals surface area contributed by atoms with Crippen molar-refractivity contribution in [1.82, 2.24) is 15.5 Å². The van der Waals surface area contributed by atoms with Crippen LogP contribution in [0, 0.1) is 0 Å². The highest BCUT2D eigenvalue weighted by atomic mass is 16.5. The largest absolute Gasteiger partial charge is 0.480 e. The second-order valence-electron chi connectivity index (χ2n) is 6.65. The summed E-state index contributed by atoms with van der Waals surface area (Å²) < 4.78 is 5.40. The monoisotopic (exact) mass is 377 g/mol. The summed E-state index contributed by atoms with van der Waals surface area (Å²) in [6.45, 7) is 0.135. The molecule has 1 aromatic heterocycles. The van der Waals surface area contributed by atoms with Gasteiger partial charge in [-0.2, -0.15) is 5.10 Å². The number of aromatic amines is 1. The van der Waals surface area contributed by atoms with Crippen LogP contribution in [0.5, 0.6) is 0 Å². The number of rotatable bonds is 6. The molecule has 1 atom stereocenters. The van der Waals surface area contributed by atoms with Crippen LogP contribution in [0.4, 0.5) is 4.79 Å². The van der Waals surface area contributed by atoms with E-state index in [-0.39, 0.29) is 18.9 Å². The highest BCUT2D eigenvalue weighted by Gasteiger charge is 2.29. The molecule has 0 saturated heterocycles. The number of nitrogens with one attached hydrogen (secondary N) is 2. The molecule has 3 aromatic rings. The lowest BCUT2D eigenvalue weighted by Gasteiger charge is -2.17. The minimum absolute atomic E-state index is 0.0750. The number of carboxylic acids is 1. The molecule has 1 heterocycles. The van der Waals surface area contributed by atoms with Gasteiger partial charge in [0.1, 0.15) is 12.6 Å². The second kappa shape index (κ2) is 7.56. The van der Waals surface area contributed by atoms with Gasteiger partial charge in [-0.15, -0.1) is 0 Å². The van der Waals surface area contributed by atoms with Gasteiger partial charge < -0.3 is 15.2 Å². The van der Waals surface area contributed by atoms with Gasteiger partial charge in [-0.05, 0) is 28.3 Å². The number of benzene rings is 2. The van der Waals surface area contributed by atoms with Crippen molar-refractivity contribution in [2.45, 2.75) is 18.4 Å². The van der Waals surface area contributed by atoms with Gasteiger partial charge >= 0.3 is 12.1 Å². The molecule has 142 valence electrons. The summed E-state index contributed by atoms with van der Waals surface area (Å²) in [6, 6.07) is 16.6. The molecule has 1 aliphatic rings. The number of alkyl carbamates (subject to hydrolysis) is 1. The van der Waals surface area contributed by atoms with Crippen LogP contribution in [0.1, 0.15) is 22.7 Å². The fourth-order valence-corrected chi connectivity index (χ4v) is 3.60. The highest BCUT2D eigenvalue weighted by molar-refractivity contribution is 5.81. The van der Waals surface area contributed by atoms with Crippen LogP contribution in [-0.2, 0) is 16.0 Å². The van der Waals surface area contributed by atoms with Gasteiger partial charge in [0.15, 0.2) is 0 Å². The maximum atomic E-state index is 12.2. The van der Waals surface area contributed by atoms with Crippen molar-refractivity contribution in [3.63, 3.8) is 0 Å². The Morgan fingerprint density at radius 1 is 1.07 bits per heavy atom. The fourth-order valence-electron chi connectivity index (χ4n) is 3.60. The highest BCUT2D eigenvalue weighted by Crippen LogP contribution is 2.44. The van der Waals surface area contributed by atoms with Crippen molar-refractivity contribution in [3.05, 3.63) is 77.6 Å². The first kappa shape index (κ1) is 17.8. The van der Waals surface area contributed by atoms with E-state index in [9.17, 15) is 14.7 Å². The molecule has 0 radical (unpaired) electrons. The molecule has 0 spiro atoms. The topological polar surface area (TPSA) is 104 Å². The Morgan fingerprint density at radius 2 is 1.71 bits per heavy atom. The van der Waals surface area contributed by atoms with Gasteiger partial charge in [-0.25, -0.2) is 9.59 Å². The molecular weight excluding hydrogens is 358 g/mol. The summed E-state index contributed by atoms with van der Waals surface area (Å²) in [5, 5.41) is 18.2. The van der Waals surface area contributed by atoms with Gasteiger partial charge in [0.25, 0.3) is 0 Å². The molecule has 0 unspecified atom stereocenters. The maximum Gasteiger partial charge on any atom is 0.407 e. The predicted octanol–water partition coefficient (Wildman–Crippen LogP) is 2.94. The molecule has 0 bridgehead atoms. The van der Waals surface area contributed by atoms with Crippen LogP contribution in [0.2, 0.25) is 0 Å². The maximum absolute atomic E-state index is 12.2. The second-order valence-corrected chi connectivity index (χ2v) is 6.65. The zero-order valence-corrected chi connectivity index (χ0v) is 15.0. The average molecular weight is 377 g/mol. The molecule has 1 aliphatic carbocycles. The first-order chi connectivity index (χ1) is 13.6. The smallest absolute Gasteiger partial charge is 0.407 e. The van der Waals surface area contributed by atoms with Gasteiger partial charge in [0.2, 0.25) is 0 Å². The summed E-state index contributed by atoms with van der Waals surface area (Å²) in [5.74, 6) is -1.21. The van der Waals surface area contributed by atoms with E-state index in [1.54, 1.807) is 6.07 Å². The van der Waals surface area contributed by atoms with E-state index in [4.69, 9.17) is 4.74 Å². The summed E-state index contributed by atoms with van der Waals surface area (Å²) in [7, 11) is 0. The van der Waals surface area contributed by atoms with Crippen LogP contribution in [0.3, 0.4) is 0 Å². The number of aromatic nitrogens is 2. The van der Waals surface area contributed by atoms with Crippen LogP contribution in [0.15, 0.2) is 60.8 Å². The SMILES string of the molecule is O=C(N[C@H](Cc1ccn[nH]1)C(=O)O)OCC1c2ccccc2-c2ccccc21. The zero-order chi connectivity index (χ0) is 19.5. The Labute approximate surface area is 161 Å². The van der Waals surface area contributed by atoms with Gasteiger partial charge in [-0.3, -0.25) is 5.10 Å². The Balaban J connectivity index is 1.44. The molecule has 3 N–H and O–H groups in total. The number of hydrogen-bond acceptors (Lipinski definition) is 4. The normalized spacial score (nSPS) is 13.4. The van der Waals surface area contributed by atoms with Gasteiger partial charge in [0, 0.05) is 24.2 Å². The number of aliphatic carboxylic acids is 1. The molecule has 7 nitrogen and oxygen atoms in total.